The Bertz CT molecular complexity index is 132. The van der Waals surface area contributed by atoms with Crippen LogP contribution < -0.4 is 0 Å². The number of aliphatic hydroxyl groups excluding tert-OH is 1. The fourth-order valence-electron chi connectivity index (χ4n) is 2.31. The van der Waals surface area contributed by atoms with Crippen molar-refractivity contribution in [2.45, 2.75) is 39.5 Å². The molecule has 1 fully saturated rings. The molecule has 0 saturated carbocycles. The van der Waals surface area contributed by atoms with Crippen LogP contribution >= 0.6 is 0 Å². The van der Waals surface area contributed by atoms with Crippen molar-refractivity contribution in [3.63, 3.8) is 0 Å². The van der Waals surface area contributed by atoms with Crippen LogP contribution in [-0.4, -0.2) is 24.9 Å². The summed E-state index contributed by atoms with van der Waals surface area (Å²) >= 11 is 0. The van der Waals surface area contributed by atoms with Gasteiger partial charge in [-0.3, -0.25) is 0 Å². The summed E-state index contributed by atoms with van der Waals surface area (Å²) in [5.74, 6) is 1.47. The highest BCUT2D eigenvalue weighted by Crippen LogP contribution is 2.40. The summed E-state index contributed by atoms with van der Waals surface area (Å²) in [5, 5.41) is 9.05. The van der Waals surface area contributed by atoms with Crippen LogP contribution in [0.5, 0.6) is 0 Å². The Hall–Kier alpha value is -0.0800. The van der Waals surface area contributed by atoms with Crippen molar-refractivity contribution in [2.75, 3.05) is 19.8 Å². The molecular weight excluding hydrogens is 164 g/mol. The number of hydrogen-bond acceptors (Lipinski definition) is 2. The van der Waals surface area contributed by atoms with Gasteiger partial charge in [0.05, 0.1) is 0 Å². The van der Waals surface area contributed by atoms with Crippen LogP contribution in [0.3, 0.4) is 0 Å². The average Bonchev–Trinajstić information content (AvgIpc) is 2.04. The topological polar surface area (TPSA) is 29.5 Å². The van der Waals surface area contributed by atoms with E-state index in [9.17, 15) is 0 Å². The number of hydrogen-bond donors (Lipinski definition) is 1. The molecule has 0 bridgehead atoms. The smallest absolute Gasteiger partial charge is 0.0471 e. The molecule has 2 nitrogen and oxygen atoms in total. The third-order valence-electron chi connectivity index (χ3n) is 2.92. The lowest BCUT2D eigenvalue weighted by molar-refractivity contribution is -0.000132. The molecule has 1 rings (SSSR count). The number of ether oxygens (including phenoxy) is 1. The van der Waals surface area contributed by atoms with Gasteiger partial charge in [0.25, 0.3) is 0 Å². The van der Waals surface area contributed by atoms with Crippen LogP contribution in [-0.2, 0) is 4.74 Å². The summed E-state index contributed by atoms with van der Waals surface area (Å²) in [7, 11) is 0. The summed E-state index contributed by atoms with van der Waals surface area (Å²) in [5.41, 5.74) is 0.339. The third kappa shape index (κ3) is 3.28. The van der Waals surface area contributed by atoms with Crippen molar-refractivity contribution in [1.82, 2.24) is 0 Å². The van der Waals surface area contributed by atoms with Crippen LogP contribution in [0.4, 0.5) is 0 Å². The van der Waals surface area contributed by atoms with Crippen molar-refractivity contribution in [3.05, 3.63) is 5.92 Å². The second-order valence-electron chi connectivity index (χ2n) is 4.47. The van der Waals surface area contributed by atoms with E-state index in [-0.39, 0.29) is 0 Å². The second kappa shape index (κ2) is 4.97. The monoisotopic (exact) mass is 185 g/mol. The Balaban J connectivity index is 2.50. The zero-order valence-electron chi connectivity index (χ0n) is 8.81. The molecule has 1 N–H and O–H groups in total. The first-order chi connectivity index (χ1) is 6.18. The first kappa shape index (κ1) is 11.0. The molecule has 0 atom stereocenters. The van der Waals surface area contributed by atoms with Crippen LogP contribution in [0.25, 0.3) is 0 Å². The predicted molar refractivity (Wildman–Crippen MR) is 53.4 cm³/mol. The Kier molecular flexibility index (Phi) is 4.20. The summed E-state index contributed by atoms with van der Waals surface area (Å²) in [6, 6.07) is 0. The standard InChI is InChI=1S/C11H21O2/c1-10(2)9-11(3-6-12)4-7-13-8-5-11/h12H,3-9H2,1-2H3. The Morgan fingerprint density at radius 3 is 2.38 bits per heavy atom. The summed E-state index contributed by atoms with van der Waals surface area (Å²) in [4.78, 5) is 0. The van der Waals surface area contributed by atoms with Crippen molar-refractivity contribution < 1.29 is 9.84 Å². The molecule has 0 amide bonds. The van der Waals surface area contributed by atoms with Gasteiger partial charge in [0.15, 0.2) is 0 Å². The Morgan fingerprint density at radius 2 is 1.92 bits per heavy atom. The molecule has 2 heteroatoms. The summed E-state index contributed by atoms with van der Waals surface area (Å²) in [6.45, 7) is 6.40. The highest BCUT2D eigenvalue weighted by molar-refractivity contribution is 4.92. The molecule has 0 aromatic carbocycles. The fourth-order valence-corrected chi connectivity index (χ4v) is 2.31. The molecule has 1 aliphatic heterocycles. The SMILES string of the molecule is C[C](C)CC1(CCO)CCOCC1. The minimum absolute atomic E-state index is 0.313. The highest BCUT2D eigenvalue weighted by Gasteiger charge is 2.32. The van der Waals surface area contributed by atoms with Gasteiger partial charge in [-0.2, -0.15) is 0 Å². The van der Waals surface area contributed by atoms with Crippen molar-refractivity contribution in [3.8, 4) is 0 Å². The van der Waals surface area contributed by atoms with E-state index < -0.39 is 0 Å². The molecule has 1 saturated heterocycles. The van der Waals surface area contributed by atoms with Gasteiger partial charge in [-0.25, -0.2) is 0 Å². The maximum absolute atomic E-state index is 9.05. The molecule has 77 valence electrons. The minimum atomic E-state index is 0.313. The molecule has 0 unspecified atom stereocenters. The highest BCUT2D eigenvalue weighted by atomic mass is 16.5. The Labute approximate surface area is 81.3 Å². The molecule has 1 radical (unpaired) electrons. The lowest BCUT2D eigenvalue weighted by Gasteiger charge is -2.38. The summed E-state index contributed by atoms with van der Waals surface area (Å²) in [6.07, 6.45) is 4.30. The van der Waals surface area contributed by atoms with Crippen LogP contribution in [0.2, 0.25) is 0 Å². The lowest BCUT2D eigenvalue weighted by Crippen LogP contribution is -2.31. The van der Waals surface area contributed by atoms with Gasteiger partial charge in [-0.05, 0) is 37.0 Å². The molecular formula is C11H21O2. The van der Waals surface area contributed by atoms with Crippen LogP contribution in [0.15, 0.2) is 0 Å². The van der Waals surface area contributed by atoms with Gasteiger partial charge in [-0.1, -0.05) is 13.8 Å². The molecule has 13 heavy (non-hydrogen) atoms. The minimum Gasteiger partial charge on any atom is -0.396 e. The number of aliphatic hydroxyl groups is 1. The second-order valence-corrected chi connectivity index (χ2v) is 4.47. The quantitative estimate of drug-likeness (QED) is 0.727. The zero-order chi connectivity index (χ0) is 9.73. The van der Waals surface area contributed by atoms with Gasteiger partial charge in [0, 0.05) is 19.8 Å². The van der Waals surface area contributed by atoms with E-state index in [1.807, 2.05) is 0 Å². The van der Waals surface area contributed by atoms with Gasteiger partial charge in [-0.15, -0.1) is 0 Å². The Morgan fingerprint density at radius 1 is 1.31 bits per heavy atom. The third-order valence-corrected chi connectivity index (χ3v) is 2.92. The normalized spacial score (nSPS) is 22.2. The average molecular weight is 185 g/mol. The number of rotatable bonds is 4. The first-order valence-electron chi connectivity index (χ1n) is 5.16. The van der Waals surface area contributed by atoms with Crippen molar-refractivity contribution in [2.24, 2.45) is 5.41 Å². The van der Waals surface area contributed by atoms with Gasteiger partial charge in [0.1, 0.15) is 0 Å². The lowest BCUT2D eigenvalue weighted by atomic mass is 9.72. The van der Waals surface area contributed by atoms with E-state index in [4.69, 9.17) is 9.84 Å². The zero-order valence-corrected chi connectivity index (χ0v) is 8.81. The van der Waals surface area contributed by atoms with E-state index in [0.717, 1.165) is 38.9 Å². The molecule has 0 aromatic rings. The maximum atomic E-state index is 9.05. The fraction of sp³-hybridized carbons (Fsp3) is 0.909. The van der Waals surface area contributed by atoms with Crippen molar-refractivity contribution >= 4 is 0 Å². The van der Waals surface area contributed by atoms with Gasteiger partial charge >= 0.3 is 0 Å². The largest absolute Gasteiger partial charge is 0.396 e. The van der Waals surface area contributed by atoms with E-state index in [0.29, 0.717) is 12.0 Å². The molecule has 0 aromatic heterocycles. The maximum Gasteiger partial charge on any atom is 0.0471 e. The van der Waals surface area contributed by atoms with Crippen LogP contribution in [0.1, 0.15) is 39.5 Å². The van der Waals surface area contributed by atoms with Crippen molar-refractivity contribution in [1.29, 1.82) is 0 Å². The molecule has 0 aliphatic carbocycles. The molecule has 0 spiro atoms. The van der Waals surface area contributed by atoms with Crippen LogP contribution in [0, 0.1) is 11.3 Å². The molecule has 1 heterocycles. The van der Waals surface area contributed by atoms with E-state index in [1.54, 1.807) is 0 Å². The van der Waals surface area contributed by atoms with E-state index >= 15 is 0 Å². The van der Waals surface area contributed by atoms with Gasteiger partial charge < -0.3 is 9.84 Å². The summed E-state index contributed by atoms with van der Waals surface area (Å²) < 4.78 is 5.36. The van der Waals surface area contributed by atoms with E-state index in [2.05, 4.69) is 13.8 Å². The predicted octanol–water partition coefficient (Wildman–Crippen LogP) is 2.17. The van der Waals surface area contributed by atoms with Gasteiger partial charge in [0.2, 0.25) is 0 Å². The van der Waals surface area contributed by atoms with E-state index in [1.165, 1.54) is 5.92 Å². The first-order valence-corrected chi connectivity index (χ1v) is 5.16. The molecule has 1 aliphatic rings.